The third kappa shape index (κ3) is 3.41. The third-order valence-corrected chi connectivity index (χ3v) is 2.91. The molecular weight excluding hydrogens is 242 g/mol. The average molecular weight is 265 g/mol. The van der Waals surface area contributed by atoms with E-state index >= 15 is 0 Å². The minimum absolute atomic E-state index is 0.112. The van der Waals surface area contributed by atoms with Gasteiger partial charge >= 0.3 is 0 Å². The van der Waals surface area contributed by atoms with Crippen LogP contribution in [0, 0.1) is 0 Å². The highest BCUT2D eigenvalue weighted by Gasteiger charge is 2.22. The van der Waals surface area contributed by atoms with Crippen LogP contribution in [0.15, 0.2) is 6.20 Å². The van der Waals surface area contributed by atoms with Gasteiger partial charge in [0, 0.05) is 18.5 Å². The van der Waals surface area contributed by atoms with Gasteiger partial charge in [0.1, 0.15) is 5.82 Å². The van der Waals surface area contributed by atoms with Crippen LogP contribution < -0.4 is 11.3 Å². The molecule has 0 aliphatic heterocycles. The molecule has 1 aromatic heterocycles. The van der Waals surface area contributed by atoms with E-state index in [0.717, 1.165) is 0 Å². The number of aromatic nitrogens is 2. The lowest BCUT2D eigenvalue weighted by Gasteiger charge is -2.25. The normalized spacial score (nSPS) is 10.9. The molecule has 6 heteroatoms. The molecule has 0 radical (unpaired) electrons. The van der Waals surface area contributed by atoms with Crippen LogP contribution in [-0.2, 0) is 0 Å². The standard InChI is InChI=1S/C13H23N5O/c1-6-18(9(4)5)13(19)11-10(17-14)7-15-12(16-11)8(2)3/h7-9,17H,6,14H2,1-5H3. The summed E-state index contributed by atoms with van der Waals surface area (Å²) in [6.07, 6.45) is 1.56. The highest BCUT2D eigenvalue weighted by molar-refractivity contribution is 5.97. The first-order chi connectivity index (χ1) is 8.92. The van der Waals surface area contributed by atoms with Crippen molar-refractivity contribution in [2.24, 2.45) is 5.84 Å². The fourth-order valence-corrected chi connectivity index (χ4v) is 1.82. The Hall–Kier alpha value is -1.69. The molecule has 0 unspecified atom stereocenters. The maximum absolute atomic E-state index is 12.5. The van der Waals surface area contributed by atoms with E-state index < -0.39 is 0 Å². The lowest BCUT2D eigenvalue weighted by atomic mass is 10.2. The van der Waals surface area contributed by atoms with Crippen LogP contribution >= 0.6 is 0 Å². The molecule has 0 spiro atoms. The molecule has 0 saturated carbocycles. The van der Waals surface area contributed by atoms with Gasteiger partial charge in [-0.2, -0.15) is 0 Å². The predicted octanol–water partition coefficient (Wildman–Crippen LogP) is 1.76. The second-order valence-electron chi connectivity index (χ2n) is 4.97. The first-order valence-electron chi connectivity index (χ1n) is 6.56. The van der Waals surface area contributed by atoms with Crippen molar-refractivity contribution in [2.45, 2.75) is 46.6 Å². The summed E-state index contributed by atoms with van der Waals surface area (Å²) in [7, 11) is 0. The summed E-state index contributed by atoms with van der Waals surface area (Å²) in [4.78, 5) is 22.8. The van der Waals surface area contributed by atoms with Crippen LogP contribution in [0.1, 0.15) is 56.8 Å². The van der Waals surface area contributed by atoms with Crippen molar-refractivity contribution in [3.05, 3.63) is 17.7 Å². The number of amides is 1. The number of anilines is 1. The van der Waals surface area contributed by atoms with Gasteiger partial charge in [0.05, 0.1) is 11.9 Å². The fourth-order valence-electron chi connectivity index (χ4n) is 1.82. The van der Waals surface area contributed by atoms with Gasteiger partial charge in [0.25, 0.3) is 5.91 Å². The van der Waals surface area contributed by atoms with E-state index in [-0.39, 0.29) is 17.9 Å². The molecular formula is C13H23N5O. The van der Waals surface area contributed by atoms with Crippen LogP contribution in [0.4, 0.5) is 5.69 Å². The van der Waals surface area contributed by atoms with Crippen LogP contribution in [-0.4, -0.2) is 33.4 Å². The molecule has 0 fully saturated rings. The zero-order chi connectivity index (χ0) is 14.6. The number of carbonyl (C=O) groups excluding carboxylic acids is 1. The summed E-state index contributed by atoms with van der Waals surface area (Å²) < 4.78 is 0. The second kappa shape index (κ2) is 6.47. The Morgan fingerprint density at radius 3 is 2.47 bits per heavy atom. The minimum atomic E-state index is -0.130. The van der Waals surface area contributed by atoms with Crippen molar-refractivity contribution in [1.29, 1.82) is 0 Å². The Labute approximate surface area is 114 Å². The Morgan fingerprint density at radius 1 is 1.42 bits per heavy atom. The van der Waals surface area contributed by atoms with E-state index in [4.69, 9.17) is 5.84 Å². The van der Waals surface area contributed by atoms with Crippen LogP contribution in [0.3, 0.4) is 0 Å². The highest BCUT2D eigenvalue weighted by Crippen LogP contribution is 2.18. The lowest BCUT2D eigenvalue weighted by Crippen LogP contribution is -2.38. The number of nitrogens with one attached hydrogen (secondary N) is 1. The predicted molar refractivity (Wildman–Crippen MR) is 75.8 cm³/mol. The van der Waals surface area contributed by atoms with E-state index in [1.165, 1.54) is 0 Å². The van der Waals surface area contributed by atoms with Crippen molar-refractivity contribution in [1.82, 2.24) is 14.9 Å². The number of hydrogen-bond donors (Lipinski definition) is 2. The van der Waals surface area contributed by atoms with Crippen molar-refractivity contribution in [3.8, 4) is 0 Å². The molecule has 1 heterocycles. The first-order valence-corrected chi connectivity index (χ1v) is 6.56. The molecule has 0 saturated heterocycles. The Kier molecular flexibility index (Phi) is 5.23. The number of rotatable bonds is 5. The number of hydrazine groups is 1. The van der Waals surface area contributed by atoms with Gasteiger partial charge in [-0.1, -0.05) is 13.8 Å². The SMILES string of the molecule is CCN(C(=O)c1nc(C(C)C)ncc1NN)C(C)C. The van der Waals surface area contributed by atoms with E-state index in [0.29, 0.717) is 23.8 Å². The van der Waals surface area contributed by atoms with Crippen LogP contribution in [0.2, 0.25) is 0 Å². The molecule has 0 aromatic carbocycles. The highest BCUT2D eigenvalue weighted by atomic mass is 16.2. The molecule has 3 N–H and O–H groups in total. The van der Waals surface area contributed by atoms with E-state index in [1.807, 2.05) is 34.6 Å². The largest absolute Gasteiger partial charge is 0.335 e. The van der Waals surface area contributed by atoms with Crippen LogP contribution in [0.5, 0.6) is 0 Å². The smallest absolute Gasteiger partial charge is 0.275 e. The Morgan fingerprint density at radius 2 is 2.05 bits per heavy atom. The number of nitrogens with zero attached hydrogens (tertiary/aromatic N) is 3. The molecule has 1 rings (SSSR count). The Bertz CT molecular complexity index is 445. The minimum Gasteiger partial charge on any atom is -0.335 e. The van der Waals surface area contributed by atoms with Crippen molar-refractivity contribution in [3.63, 3.8) is 0 Å². The van der Waals surface area contributed by atoms with Gasteiger partial charge in [-0.25, -0.2) is 9.97 Å². The topological polar surface area (TPSA) is 84.1 Å². The average Bonchev–Trinajstić information content (AvgIpc) is 2.38. The molecule has 6 nitrogen and oxygen atoms in total. The molecule has 0 bridgehead atoms. The van der Waals surface area contributed by atoms with Gasteiger partial charge in [0.2, 0.25) is 0 Å². The molecule has 0 aliphatic rings. The summed E-state index contributed by atoms with van der Waals surface area (Å²) in [5.74, 6) is 6.10. The van der Waals surface area contributed by atoms with Crippen molar-refractivity contribution in [2.75, 3.05) is 12.0 Å². The maximum atomic E-state index is 12.5. The first kappa shape index (κ1) is 15.4. The number of hydrogen-bond acceptors (Lipinski definition) is 5. The summed E-state index contributed by atoms with van der Waals surface area (Å²) in [6, 6.07) is 0.112. The summed E-state index contributed by atoms with van der Waals surface area (Å²) in [5.41, 5.74) is 3.27. The summed E-state index contributed by atoms with van der Waals surface area (Å²) >= 11 is 0. The van der Waals surface area contributed by atoms with Gasteiger partial charge < -0.3 is 10.3 Å². The zero-order valence-electron chi connectivity index (χ0n) is 12.3. The van der Waals surface area contributed by atoms with E-state index in [1.54, 1.807) is 11.1 Å². The van der Waals surface area contributed by atoms with Gasteiger partial charge in [-0.05, 0) is 20.8 Å². The van der Waals surface area contributed by atoms with Crippen LogP contribution in [0.25, 0.3) is 0 Å². The number of carbonyl (C=O) groups is 1. The molecule has 1 amide bonds. The molecule has 0 atom stereocenters. The zero-order valence-corrected chi connectivity index (χ0v) is 12.3. The van der Waals surface area contributed by atoms with Crippen molar-refractivity contribution >= 4 is 11.6 Å². The second-order valence-corrected chi connectivity index (χ2v) is 4.97. The molecule has 1 aromatic rings. The van der Waals surface area contributed by atoms with Gasteiger partial charge in [0.15, 0.2) is 5.69 Å². The maximum Gasteiger partial charge on any atom is 0.275 e. The number of nitrogen functional groups attached to an aromatic ring is 1. The summed E-state index contributed by atoms with van der Waals surface area (Å²) in [5, 5.41) is 0. The lowest BCUT2D eigenvalue weighted by molar-refractivity contribution is 0.0711. The third-order valence-electron chi connectivity index (χ3n) is 2.91. The Balaban J connectivity index is 3.22. The molecule has 0 aliphatic carbocycles. The monoisotopic (exact) mass is 265 g/mol. The summed E-state index contributed by atoms with van der Waals surface area (Å²) in [6.45, 7) is 10.5. The van der Waals surface area contributed by atoms with Gasteiger partial charge in [-0.3, -0.25) is 10.6 Å². The number of nitrogens with two attached hydrogens (primary N) is 1. The molecule has 106 valence electrons. The quantitative estimate of drug-likeness (QED) is 0.626. The van der Waals surface area contributed by atoms with Gasteiger partial charge in [-0.15, -0.1) is 0 Å². The van der Waals surface area contributed by atoms with Crippen molar-refractivity contribution < 1.29 is 4.79 Å². The van der Waals surface area contributed by atoms with E-state index in [2.05, 4.69) is 15.4 Å². The fraction of sp³-hybridized carbons (Fsp3) is 0.615. The van der Waals surface area contributed by atoms with E-state index in [9.17, 15) is 4.79 Å². The molecule has 19 heavy (non-hydrogen) atoms.